The quantitative estimate of drug-likeness (QED) is 0.772. The van der Waals surface area contributed by atoms with E-state index in [0.717, 1.165) is 25.3 Å². The number of benzene rings is 1. The first-order valence-corrected chi connectivity index (χ1v) is 10.1. The van der Waals surface area contributed by atoms with Crippen LogP contribution in [0.15, 0.2) is 30.6 Å². The minimum atomic E-state index is -4.60. The summed E-state index contributed by atoms with van der Waals surface area (Å²) in [6, 6.07) is 3.16. The summed E-state index contributed by atoms with van der Waals surface area (Å²) < 4.78 is 46.1. The number of urea groups is 1. The maximum atomic E-state index is 13.5. The number of fused-ring (bicyclic) bond motifs is 2. The van der Waals surface area contributed by atoms with E-state index in [0.29, 0.717) is 5.92 Å². The van der Waals surface area contributed by atoms with Gasteiger partial charge in [-0.15, -0.1) is 5.10 Å². The van der Waals surface area contributed by atoms with Gasteiger partial charge in [-0.25, -0.2) is 9.78 Å². The summed E-state index contributed by atoms with van der Waals surface area (Å²) in [7, 11) is 1.62. The number of halogens is 3. The number of aromatic nitrogens is 3. The Kier molecular flexibility index (Phi) is 5.36. The first-order chi connectivity index (χ1) is 14.7. The first-order valence-electron chi connectivity index (χ1n) is 10.1. The molecular formula is C21H24F3N5O2. The number of piperidine rings is 1. The largest absolute Gasteiger partial charge is 0.417 e. The monoisotopic (exact) mass is 435 g/mol. The third kappa shape index (κ3) is 3.73. The number of nitrogens with zero attached hydrogens (tertiary/aromatic N) is 4. The van der Waals surface area contributed by atoms with Crippen molar-refractivity contribution in [3.8, 4) is 11.4 Å². The Morgan fingerprint density at radius 2 is 2.10 bits per heavy atom. The average molecular weight is 435 g/mol. The number of nitrogens with one attached hydrogen (secondary N) is 1. The van der Waals surface area contributed by atoms with Gasteiger partial charge in [-0.3, -0.25) is 0 Å². The van der Waals surface area contributed by atoms with Crippen LogP contribution in [0.3, 0.4) is 0 Å². The summed E-state index contributed by atoms with van der Waals surface area (Å²) in [5, 5.41) is 10.1. The molecule has 2 fully saturated rings. The fraction of sp³-hybridized carbons (Fsp3) is 0.524. The molecule has 4 rings (SSSR count). The molecule has 1 saturated heterocycles. The van der Waals surface area contributed by atoms with Gasteiger partial charge in [-0.05, 0) is 50.3 Å². The molecule has 31 heavy (non-hydrogen) atoms. The van der Waals surface area contributed by atoms with Gasteiger partial charge in [0.2, 0.25) is 0 Å². The van der Waals surface area contributed by atoms with Crippen molar-refractivity contribution in [1.29, 1.82) is 0 Å². The van der Waals surface area contributed by atoms with E-state index in [2.05, 4.69) is 27.4 Å². The molecule has 10 heteroatoms. The van der Waals surface area contributed by atoms with Crippen molar-refractivity contribution in [2.75, 3.05) is 12.4 Å². The van der Waals surface area contributed by atoms with Crippen LogP contribution in [0.4, 0.5) is 23.7 Å². The minimum absolute atomic E-state index is 0.0944. The lowest BCUT2D eigenvalue weighted by atomic mass is 9.62. The summed E-state index contributed by atoms with van der Waals surface area (Å²) >= 11 is 0. The predicted octanol–water partition coefficient (Wildman–Crippen LogP) is 4.37. The molecule has 0 radical (unpaired) electrons. The number of hydrogen-bond acceptors (Lipinski definition) is 5. The topological polar surface area (TPSA) is 80.2 Å². The fourth-order valence-corrected chi connectivity index (χ4v) is 5.09. The lowest BCUT2D eigenvalue weighted by Crippen LogP contribution is -2.76. The van der Waals surface area contributed by atoms with Crippen LogP contribution in [0.25, 0.3) is 11.4 Å². The molecule has 1 N–H and O–H groups in total. The van der Waals surface area contributed by atoms with E-state index in [9.17, 15) is 18.0 Å². The molecule has 1 aliphatic heterocycles. The molecule has 1 aliphatic carbocycles. The van der Waals surface area contributed by atoms with Gasteiger partial charge in [0, 0.05) is 30.6 Å². The Hall–Kier alpha value is -2.75. The molecule has 0 spiro atoms. The van der Waals surface area contributed by atoms with Crippen molar-refractivity contribution in [3.63, 3.8) is 0 Å². The summed E-state index contributed by atoms with van der Waals surface area (Å²) in [5.74, 6) is 0.311. The lowest BCUT2D eigenvalue weighted by molar-refractivity contribution is -0.155. The van der Waals surface area contributed by atoms with Gasteiger partial charge in [-0.2, -0.15) is 18.3 Å². The molecule has 4 atom stereocenters. The van der Waals surface area contributed by atoms with Crippen LogP contribution >= 0.6 is 0 Å². The molecule has 0 unspecified atom stereocenters. The molecule has 1 aromatic carbocycles. The molecule has 7 nitrogen and oxygen atoms in total. The molecule has 2 aromatic rings. The van der Waals surface area contributed by atoms with E-state index in [1.54, 1.807) is 12.0 Å². The number of alkyl halides is 3. The van der Waals surface area contributed by atoms with Crippen LogP contribution in [0.2, 0.25) is 0 Å². The van der Waals surface area contributed by atoms with E-state index < -0.39 is 17.3 Å². The second-order valence-electron chi connectivity index (χ2n) is 8.41. The number of methoxy groups -OCH3 is 1. The Morgan fingerprint density at radius 3 is 2.74 bits per heavy atom. The molecule has 2 heterocycles. The SMILES string of the molecule is CO[C@@H](C)[C@@]12C[C@@H](C)C[C@@H](C1)N2C(=O)Nc1ccc(C(F)(F)F)c(-c2nccnn2)c1. The van der Waals surface area contributed by atoms with Crippen molar-refractivity contribution in [2.24, 2.45) is 5.92 Å². The van der Waals surface area contributed by atoms with Crippen molar-refractivity contribution >= 4 is 11.7 Å². The number of amides is 2. The fourth-order valence-electron chi connectivity index (χ4n) is 5.09. The number of ether oxygens (including phenoxy) is 1. The van der Waals surface area contributed by atoms with Crippen LogP contribution in [0.5, 0.6) is 0 Å². The zero-order valence-electron chi connectivity index (χ0n) is 17.5. The van der Waals surface area contributed by atoms with Gasteiger partial charge in [-0.1, -0.05) is 6.92 Å². The third-order valence-corrected chi connectivity index (χ3v) is 6.44. The standard InChI is InChI=1S/C21H24F3N5O2/c1-12-8-15-11-20(10-12,13(2)31-3)29(15)19(30)27-14-4-5-17(21(22,23)24)16(9-14)18-25-6-7-26-28-18/h4-7,9,12-13,15H,8,10-11H2,1-3H3,(H,27,30)/t12-,13-,15-,20+/m0/s1. The molecule has 2 amide bonds. The maximum absolute atomic E-state index is 13.5. The summed E-state index contributed by atoms with van der Waals surface area (Å²) in [5.41, 5.74) is -1.30. The molecule has 2 bridgehead atoms. The van der Waals surface area contributed by atoms with Crippen LogP contribution in [-0.2, 0) is 10.9 Å². The minimum Gasteiger partial charge on any atom is -0.379 e. The van der Waals surface area contributed by atoms with Crippen molar-refractivity contribution in [1.82, 2.24) is 20.1 Å². The predicted molar refractivity (Wildman–Crippen MR) is 107 cm³/mol. The van der Waals surface area contributed by atoms with Gasteiger partial charge in [0.15, 0.2) is 5.82 Å². The summed E-state index contributed by atoms with van der Waals surface area (Å²) in [6.45, 7) is 4.11. The van der Waals surface area contributed by atoms with E-state index in [1.807, 2.05) is 6.92 Å². The normalized spacial score (nSPS) is 26.2. The molecular weight excluding hydrogens is 411 g/mol. The number of hydrogen-bond donors (Lipinski definition) is 1. The van der Waals surface area contributed by atoms with Crippen LogP contribution in [0.1, 0.15) is 38.7 Å². The Bertz CT molecular complexity index is 971. The molecule has 1 saturated carbocycles. The summed E-state index contributed by atoms with van der Waals surface area (Å²) in [6.07, 6.45) is 0.390. The van der Waals surface area contributed by atoms with Crippen LogP contribution < -0.4 is 5.32 Å². The highest BCUT2D eigenvalue weighted by Gasteiger charge is 2.61. The van der Waals surface area contributed by atoms with E-state index in [1.165, 1.54) is 24.5 Å². The van der Waals surface area contributed by atoms with E-state index in [-0.39, 0.29) is 35.3 Å². The second kappa shape index (κ2) is 7.74. The Labute approximate surface area is 178 Å². The van der Waals surface area contributed by atoms with Crippen molar-refractivity contribution in [2.45, 2.75) is 57.0 Å². The highest BCUT2D eigenvalue weighted by atomic mass is 19.4. The van der Waals surface area contributed by atoms with Gasteiger partial charge in [0.1, 0.15) is 0 Å². The van der Waals surface area contributed by atoms with Gasteiger partial charge < -0.3 is 15.0 Å². The Balaban J connectivity index is 1.63. The summed E-state index contributed by atoms with van der Waals surface area (Å²) in [4.78, 5) is 18.9. The van der Waals surface area contributed by atoms with E-state index >= 15 is 0 Å². The lowest BCUT2D eigenvalue weighted by Gasteiger charge is -2.65. The van der Waals surface area contributed by atoms with Gasteiger partial charge >= 0.3 is 12.2 Å². The number of anilines is 1. The maximum Gasteiger partial charge on any atom is 0.417 e. The number of likely N-dealkylation sites (tertiary alicyclic amines) is 1. The zero-order valence-corrected chi connectivity index (χ0v) is 17.5. The van der Waals surface area contributed by atoms with Crippen molar-refractivity contribution < 1.29 is 22.7 Å². The van der Waals surface area contributed by atoms with E-state index in [4.69, 9.17) is 4.74 Å². The molecule has 1 aromatic heterocycles. The second-order valence-corrected chi connectivity index (χ2v) is 8.41. The number of carbonyl (C=O) groups excluding carboxylic acids is 1. The molecule has 166 valence electrons. The Morgan fingerprint density at radius 1 is 1.32 bits per heavy atom. The van der Waals surface area contributed by atoms with Gasteiger partial charge in [0.25, 0.3) is 0 Å². The number of rotatable bonds is 4. The van der Waals surface area contributed by atoms with Gasteiger partial charge in [0.05, 0.1) is 23.4 Å². The average Bonchev–Trinajstić information content (AvgIpc) is 2.72. The smallest absolute Gasteiger partial charge is 0.379 e. The van der Waals surface area contributed by atoms with Crippen LogP contribution in [-0.4, -0.2) is 50.9 Å². The molecule has 2 aliphatic rings. The zero-order chi connectivity index (χ0) is 22.4. The first kappa shape index (κ1) is 21.5. The van der Waals surface area contributed by atoms with Crippen LogP contribution in [0, 0.1) is 5.92 Å². The highest BCUT2D eigenvalue weighted by Crippen LogP contribution is 2.52. The number of carbonyl (C=O) groups is 1. The third-order valence-electron chi connectivity index (χ3n) is 6.44. The van der Waals surface area contributed by atoms with Crippen molar-refractivity contribution in [3.05, 3.63) is 36.2 Å². The highest BCUT2D eigenvalue weighted by molar-refractivity contribution is 5.92.